The van der Waals surface area contributed by atoms with Crippen molar-refractivity contribution in [2.24, 2.45) is 0 Å². The maximum Gasteiger partial charge on any atom is 0.411 e. The van der Waals surface area contributed by atoms with Crippen molar-refractivity contribution < 1.29 is 19.4 Å². The van der Waals surface area contributed by atoms with Crippen LogP contribution in [0.5, 0.6) is 0 Å². The van der Waals surface area contributed by atoms with E-state index < -0.39 is 12.1 Å². The second-order valence-electron chi connectivity index (χ2n) is 5.49. The highest BCUT2D eigenvalue weighted by Gasteiger charge is 2.11. The Kier molecular flexibility index (Phi) is 5.24. The van der Waals surface area contributed by atoms with Gasteiger partial charge in [-0.1, -0.05) is 42.5 Å². The van der Waals surface area contributed by atoms with Gasteiger partial charge in [0.25, 0.3) is 0 Å². The van der Waals surface area contributed by atoms with Crippen LogP contribution in [0.1, 0.15) is 15.9 Å². The number of carboxylic acid groups (broad SMARTS) is 1. The number of nitrogens with one attached hydrogen (secondary N) is 1. The van der Waals surface area contributed by atoms with Gasteiger partial charge in [-0.3, -0.25) is 10.3 Å². The average Bonchev–Trinajstić information content (AvgIpc) is 2.68. The minimum absolute atomic E-state index is 0.121. The molecular weight excluding hydrogens is 332 g/mol. The van der Waals surface area contributed by atoms with Crippen LogP contribution in [0.2, 0.25) is 0 Å². The number of nitrogens with zero attached hydrogens (tertiary/aromatic N) is 1. The molecule has 6 heteroatoms. The molecule has 0 aliphatic rings. The van der Waals surface area contributed by atoms with Gasteiger partial charge in [-0.2, -0.15) is 0 Å². The molecule has 0 unspecified atom stereocenters. The third kappa shape index (κ3) is 4.24. The molecule has 0 saturated heterocycles. The summed E-state index contributed by atoms with van der Waals surface area (Å²) in [6.07, 6.45) is 2.29. The molecule has 0 aliphatic heterocycles. The molecule has 3 rings (SSSR count). The van der Waals surface area contributed by atoms with Gasteiger partial charge in [0.15, 0.2) is 0 Å². The lowest BCUT2D eigenvalue weighted by atomic mass is 10.0. The fraction of sp³-hybridized carbons (Fsp3) is 0.0500. The van der Waals surface area contributed by atoms with E-state index in [1.54, 1.807) is 30.3 Å². The van der Waals surface area contributed by atoms with Crippen molar-refractivity contribution in [3.05, 3.63) is 84.2 Å². The van der Waals surface area contributed by atoms with Gasteiger partial charge in [-0.15, -0.1) is 0 Å². The van der Waals surface area contributed by atoms with Crippen molar-refractivity contribution in [1.82, 2.24) is 4.98 Å². The zero-order chi connectivity index (χ0) is 18.4. The Morgan fingerprint density at radius 3 is 2.42 bits per heavy atom. The second-order valence-corrected chi connectivity index (χ2v) is 5.49. The van der Waals surface area contributed by atoms with Crippen molar-refractivity contribution in [1.29, 1.82) is 0 Å². The predicted octanol–water partition coefficient (Wildman–Crippen LogP) is 4.20. The molecule has 130 valence electrons. The van der Waals surface area contributed by atoms with Gasteiger partial charge in [0.05, 0.1) is 5.56 Å². The highest BCUT2D eigenvalue weighted by Crippen LogP contribution is 2.24. The van der Waals surface area contributed by atoms with Gasteiger partial charge in [0.1, 0.15) is 6.61 Å². The SMILES string of the molecule is O=C(Nc1ccc(-c2ccncc2C(=O)O)cc1)OCc1ccccc1. The second kappa shape index (κ2) is 7.94. The van der Waals surface area contributed by atoms with Crippen LogP contribution in [-0.2, 0) is 11.3 Å². The lowest BCUT2D eigenvalue weighted by Gasteiger charge is -2.09. The quantitative estimate of drug-likeness (QED) is 0.721. The lowest BCUT2D eigenvalue weighted by Crippen LogP contribution is -2.13. The van der Waals surface area contributed by atoms with Crippen LogP contribution in [0.15, 0.2) is 73.1 Å². The molecule has 0 bridgehead atoms. The van der Waals surface area contributed by atoms with Crippen LogP contribution in [0.4, 0.5) is 10.5 Å². The van der Waals surface area contributed by atoms with Crippen molar-refractivity contribution >= 4 is 17.7 Å². The monoisotopic (exact) mass is 348 g/mol. The zero-order valence-corrected chi connectivity index (χ0v) is 13.8. The number of aromatic nitrogens is 1. The Balaban J connectivity index is 1.65. The third-order valence-corrected chi connectivity index (χ3v) is 3.71. The molecule has 3 aromatic rings. The first-order valence-corrected chi connectivity index (χ1v) is 7.89. The number of carbonyl (C=O) groups is 2. The van der Waals surface area contributed by atoms with Gasteiger partial charge in [-0.05, 0) is 34.9 Å². The van der Waals surface area contributed by atoms with E-state index in [4.69, 9.17) is 4.74 Å². The first kappa shape index (κ1) is 17.2. The number of anilines is 1. The summed E-state index contributed by atoms with van der Waals surface area (Å²) in [7, 11) is 0. The van der Waals surface area contributed by atoms with Crippen molar-refractivity contribution in [3.63, 3.8) is 0 Å². The van der Waals surface area contributed by atoms with Gasteiger partial charge in [-0.25, -0.2) is 9.59 Å². The molecule has 0 atom stereocenters. The predicted molar refractivity (Wildman–Crippen MR) is 96.9 cm³/mol. The zero-order valence-electron chi connectivity index (χ0n) is 13.8. The fourth-order valence-corrected chi connectivity index (χ4v) is 2.43. The Morgan fingerprint density at radius 2 is 1.73 bits per heavy atom. The highest BCUT2D eigenvalue weighted by molar-refractivity contribution is 5.95. The smallest absolute Gasteiger partial charge is 0.411 e. The summed E-state index contributed by atoms with van der Waals surface area (Å²) in [5.74, 6) is -1.04. The fourth-order valence-electron chi connectivity index (χ4n) is 2.43. The summed E-state index contributed by atoms with van der Waals surface area (Å²) < 4.78 is 5.16. The highest BCUT2D eigenvalue weighted by atomic mass is 16.5. The first-order chi connectivity index (χ1) is 12.6. The molecule has 6 nitrogen and oxygen atoms in total. The number of pyridine rings is 1. The van der Waals surface area contributed by atoms with Gasteiger partial charge < -0.3 is 9.84 Å². The minimum atomic E-state index is -1.04. The molecule has 0 spiro atoms. The Labute approximate surface area is 150 Å². The topological polar surface area (TPSA) is 88.5 Å². The van der Waals surface area contributed by atoms with Gasteiger partial charge >= 0.3 is 12.1 Å². The number of amides is 1. The van der Waals surface area contributed by atoms with Gasteiger partial charge in [0, 0.05) is 18.1 Å². The number of hydrogen-bond donors (Lipinski definition) is 2. The molecular formula is C20H16N2O4. The van der Waals surface area contributed by atoms with E-state index in [-0.39, 0.29) is 12.2 Å². The first-order valence-electron chi connectivity index (χ1n) is 7.89. The van der Waals surface area contributed by atoms with E-state index in [9.17, 15) is 14.7 Å². The number of benzene rings is 2. The molecule has 0 fully saturated rings. The summed E-state index contributed by atoms with van der Waals surface area (Å²) in [4.78, 5) is 27.0. The molecule has 1 heterocycles. The Hall–Kier alpha value is -3.67. The Bertz CT molecular complexity index is 909. The van der Waals surface area contributed by atoms with Crippen LogP contribution >= 0.6 is 0 Å². The molecule has 1 aromatic heterocycles. The number of ether oxygens (including phenoxy) is 1. The molecule has 26 heavy (non-hydrogen) atoms. The number of hydrogen-bond acceptors (Lipinski definition) is 4. The largest absolute Gasteiger partial charge is 0.478 e. The lowest BCUT2D eigenvalue weighted by molar-refractivity contribution is 0.0697. The molecule has 2 aromatic carbocycles. The van der Waals surface area contributed by atoms with Crippen LogP contribution in [0, 0.1) is 0 Å². The number of aromatic carboxylic acids is 1. The summed E-state index contributed by atoms with van der Waals surface area (Å²) in [5, 5.41) is 11.9. The molecule has 1 amide bonds. The van der Waals surface area contributed by atoms with Crippen LogP contribution in [-0.4, -0.2) is 22.2 Å². The summed E-state index contributed by atoms with van der Waals surface area (Å²) in [5.41, 5.74) is 2.85. The molecule has 0 aliphatic carbocycles. The summed E-state index contributed by atoms with van der Waals surface area (Å²) >= 11 is 0. The van der Waals surface area contributed by atoms with Crippen molar-refractivity contribution in [2.75, 3.05) is 5.32 Å². The van der Waals surface area contributed by atoms with Crippen molar-refractivity contribution in [3.8, 4) is 11.1 Å². The summed E-state index contributed by atoms with van der Waals surface area (Å²) in [6, 6.07) is 17.9. The van der Waals surface area contributed by atoms with Crippen LogP contribution in [0.25, 0.3) is 11.1 Å². The van der Waals surface area contributed by atoms with E-state index in [2.05, 4.69) is 10.3 Å². The Morgan fingerprint density at radius 1 is 1.00 bits per heavy atom. The van der Waals surface area contributed by atoms with E-state index in [1.807, 2.05) is 30.3 Å². The van der Waals surface area contributed by atoms with Crippen LogP contribution in [0.3, 0.4) is 0 Å². The maximum atomic E-state index is 11.9. The van der Waals surface area contributed by atoms with Crippen LogP contribution < -0.4 is 5.32 Å². The normalized spacial score (nSPS) is 10.2. The van der Waals surface area contributed by atoms with Gasteiger partial charge in [0.2, 0.25) is 0 Å². The third-order valence-electron chi connectivity index (χ3n) is 3.71. The van der Waals surface area contributed by atoms with E-state index in [0.29, 0.717) is 16.8 Å². The number of carbonyl (C=O) groups excluding carboxylic acids is 1. The number of rotatable bonds is 5. The minimum Gasteiger partial charge on any atom is -0.478 e. The molecule has 0 saturated carbocycles. The maximum absolute atomic E-state index is 11.9. The van der Waals surface area contributed by atoms with E-state index in [1.165, 1.54) is 12.4 Å². The van der Waals surface area contributed by atoms with E-state index >= 15 is 0 Å². The standard InChI is InChI=1S/C20H16N2O4/c23-19(24)18-12-21-11-10-17(18)15-6-8-16(9-7-15)22-20(25)26-13-14-4-2-1-3-5-14/h1-12H,13H2,(H,22,25)(H,23,24). The molecule has 2 N–H and O–H groups in total. The average molecular weight is 348 g/mol. The van der Waals surface area contributed by atoms with E-state index in [0.717, 1.165) is 5.56 Å². The molecule has 0 radical (unpaired) electrons. The summed E-state index contributed by atoms with van der Waals surface area (Å²) in [6.45, 7) is 0.184. The van der Waals surface area contributed by atoms with Crippen molar-refractivity contribution in [2.45, 2.75) is 6.61 Å². The number of carboxylic acids is 1.